The normalized spacial score (nSPS) is 12.1. The number of rotatable bonds is 57. The molecular formula is C63H118O6. The molecule has 0 spiro atoms. The van der Waals surface area contributed by atoms with E-state index in [2.05, 4.69) is 45.1 Å². The monoisotopic (exact) mass is 971 g/mol. The highest BCUT2D eigenvalue weighted by atomic mass is 16.6. The van der Waals surface area contributed by atoms with Crippen molar-refractivity contribution >= 4 is 17.9 Å². The Labute approximate surface area is 430 Å². The maximum atomic E-state index is 12.9. The van der Waals surface area contributed by atoms with Gasteiger partial charge in [0.1, 0.15) is 13.2 Å². The predicted octanol–water partition coefficient (Wildman–Crippen LogP) is 20.7. The highest BCUT2D eigenvalue weighted by Gasteiger charge is 2.19. The van der Waals surface area contributed by atoms with Crippen LogP contribution in [-0.4, -0.2) is 37.2 Å². The zero-order valence-corrected chi connectivity index (χ0v) is 46.6. The van der Waals surface area contributed by atoms with Crippen molar-refractivity contribution < 1.29 is 28.6 Å². The number of hydrogen-bond acceptors (Lipinski definition) is 6. The minimum Gasteiger partial charge on any atom is -0.462 e. The van der Waals surface area contributed by atoms with Crippen LogP contribution >= 0.6 is 0 Å². The van der Waals surface area contributed by atoms with Crippen LogP contribution in [-0.2, 0) is 28.6 Å². The first kappa shape index (κ1) is 66.9. The van der Waals surface area contributed by atoms with Gasteiger partial charge in [-0.2, -0.15) is 0 Å². The van der Waals surface area contributed by atoms with E-state index in [1.807, 2.05) is 0 Å². The molecule has 69 heavy (non-hydrogen) atoms. The number of carbonyl (C=O) groups excluding carboxylic acids is 3. The molecule has 0 N–H and O–H groups in total. The van der Waals surface area contributed by atoms with Crippen LogP contribution < -0.4 is 0 Å². The Morgan fingerprint density at radius 1 is 0.275 bits per heavy atom. The van der Waals surface area contributed by atoms with E-state index in [4.69, 9.17) is 14.2 Å². The molecule has 0 saturated carbocycles. The molecule has 0 aromatic heterocycles. The average molecular weight is 972 g/mol. The number of unbranched alkanes of at least 4 members (excludes halogenated alkanes) is 42. The molecule has 0 saturated heterocycles. The molecule has 406 valence electrons. The van der Waals surface area contributed by atoms with Gasteiger partial charge in [0.25, 0.3) is 0 Å². The van der Waals surface area contributed by atoms with E-state index in [0.717, 1.165) is 57.8 Å². The summed E-state index contributed by atoms with van der Waals surface area (Å²) in [5, 5.41) is 0. The Hall–Kier alpha value is -2.11. The second-order valence-electron chi connectivity index (χ2n) is 21.0. The molecular weight excluding hydrogens is 853 g/mol. The van der Waals surface area contributed by atoms with Crippen molar-refractivity contribution in [2.45, 2.75) is 348 Å². The zero-order chi connectivity index (χ0) is 50.0. The van der Waals surface area contributed by atoms with Gasteiger partial charge in [0.15, 0.2) is 6.10 Å². The number of carbonyl (C=O) groups is 3. The standard InChI is InChI=1S/C63H118O6/c1-4-7-10-13-16-19-22-25-27-29-31-33-35-38-41-44-47-50-53-56-62(65)68-59-60(58-67-61(64)55-52-49-46-43-40-37-24-21-18-15-12-9-6-3)69-63(66)57-54-51-48-45-42-39-36-34-32-30-28-26-23-20-17-14-11-8-5-2/h25-28,60H,4-24,29-59H2,1-3H3/b27-25-,28-26-/t60-/m0/s1. The van der Waals surface area contributed by atoms with Crippen molar-refractivity contribution in [1.29, 1.82) is 0 Å². The highest BCUT2D eigenvalue weighted by Crippen LogP contribution is 2.17. The fraction of sp³-hybridized carbons (Fsp3) is 0.889. The second-order valence-corrected chi connectivity index (χ2v) is 21.0. The Morgan fingerprint density at radius 2 is 0.478 bits per heavy atom. The summed E-state index contributed by atoms with van der Waals surface area (Å²) in [6.07, 6.45) is 68.9. The van der Waals surface area contributed by atoms with Gasteiger partial charge >= 0.3 is 17.9 Å². The Balaban J connectivity index is 4.30. The number of hydrogen-bond donors (Lipinski definition) is 0. The van der Waals surface area contributed by atoms with Crippen molar-refractivity contribution in [1.82, 2.24) is 0 Å². The van der Waals surface area contributed by atoms with Gasteiger partial charge in [-0.25, -0.2) is 0 Å². The molecule has 0 aromatic rings. The lowest BCUT2D eigenvalue weighted by molar-refractivity contribution is -0.167. The largest absolute Gasteiger partial charge is 0.462 e. The summed E-state index contributed by atoms with van der Waals surface area (Å²) >= 11 is 0. The third kappa shape index (κ3) is 56.7. The summed E-state index contributed by atoms with van der Waals surface area (Å²) in [6, 6.07) is 0. The highest BCUT2D eigenvalue weighted by molar-refractivity contribution is 5.71. The lowest BCUT2D eigenvalue weighted by Crippen LogP contribution is -2.30. The number of esters is 3. The molecule has 0 heterocycles. The molecule has 0 radical (unpaired) electrons. The van der Waals surface area contributed by atoms with Crippen molar-refractivity contribution in [3.8, 4) is 0 Å². The van der Waals surface area contributed by atoms with Gasteiger partial charge in [-0.1, -0.05) is 276 Å². The fourth-order valence-electron chi connectivity index (χ4n) is 9.26. The fourth-order valence-corrected chi connectivity index (χ4v) is 9.26. The third-order valence-electron chi connectivity index (χ3n) is 13.9. The molecule has 0 aliphatic heterocycles. The average Bonchev–Trinajstić information content (AvgIpc) is 3.35. The summed E-state index contributed by atoms with van der Waals surface area (Å²) in [5.41, 5.74) is 0. The van der Waals surface area contributed by atoms with Crippen molar-refractivity contribution in [3.05, 3.63) is 24.3 Å². The molecule has 0 aromatic carbocycles. The summed E-state index contributed by atoms with van der Waals surface area (Å²) in [6.45, 7) is 6.68. The lowest BCUT2D eigenvalue weighted by atomic mass is 10.0. The molecule has 0 amide bonds. The van der Waals surface area contributed by atoms with E-state index in [0.29, 0.717) is 19.3 Å². The van der Waals surface area contributed by atoms with Gasteiger partial charge in [-0.3, -0.25) is 14.4 Å². The first-order valence-corrected chi connectivity index (χ1v) is 30.8. The van der Waals surface area contributed by atoms with Crippen molar-refractivity contribution in [3.63, 3.8) is 0 Å². The minimum atomic E-state index is -0.769. The van der Waals surface area contributed by atoms with Crippen LogP contribution in [0.3, 0.4) is 0 Å². The summed E-state index contributed by atoms with van der Waals surface area (Å²) in [5.74, 6) is -0.849. The van der Waals surface area contributed by atoms with Gasteiger partial charge < -0.3 is 14.2 Å². The predicted molar refractivity (Wildman–Crippen MR) is 298 cm³/mol. The summed E-state index contributed by atoms with van der Waals surface area (Å²) < 4.78 is 16.9. The van der Waals surface area contributed by atoms with Gasteiger partial charge in [-0.15, -0.1) is 0 Å². The van der Waals surface area contributed by atoms with E-state index in [-0.39, 0.29) is 31.1 Å². The van der Waals surface area contributed by atoms with E-state index in [9.17, 15) is 14.4 Å². The Morgan fingerprint density at radius 3 is 0.725 bits per heavy atom. The second kappa shape index (κ2) is 58.5. The van der Waals surface area contributed by atoms with E-state index in [1.165, 1.54) is 244 Å². The van der Waals surface area contributed by atoms with Crippen molar-refractivity contribution in [2.24, 2.45) is 0 Å². The molecule has 0 aliphatic carbocycles. The Kier molecular flexibility index (Phi) is 56.7. The van der Waals surface area contributed by atoms with Crippen LogP contribution in [0, 0.1) is 0 Å². The molecule has 0 aliphatic rings. The minimum absolute atomic E-state index is 0.0677. The zero-order valence-electron chi connectivity index (χ0n) is 46.6. The molecule has 1 atom stereocenters. The number of ether oxygens (including phenoxy) is 3. The van der Waals surface area contributed by atoms with Crippen LogP contribution in [0.4, 0.5) is 0 Å². The van der Waals surface area contributed by atoms with E-state index >= 15 is 0 Å². The molecule has 6 heteroatoms. The summed E-state index contributed by atoms with van der Waals surface area (Å²) in [4.78, 5) is 38.2. The first-order valence-electron chi connectivity index (χ1n) is 30.8. The molecule has 6 nitrogen and oxygen atoms in total. The topological polar surface area (TPSA) is 78.9 Å². The smallest absolute Gasteiger partial charge is 0.306 e. The Bertz CT molecular complexity index is 1110. The maximum Gasteiger partial charge on any atom is 0.306 e. The molecule has 0 fully saturated rings. The van der Waals surface area contributed by atoms with Gasteiger partial charge in [0.2, 0.25) is 0 Å². The van der Waals surface area contributed by atoms with Crippen LogP contribution in [0.2, 0.25) is 0 Å². The van der Waals surface area contributed by atoms with Crippen LogP contribution in [0.25, 0.3) is 0 Å². The third-order valence-corrected chi connectivity index (χ3v) is 13.9. The molecule has 0 unspecified atom stereocenters. The van der Waals surface area contributed by atoms with Gasteiger partial charge in [-0.05, 0) is 70.6 Å². The van der Waals surface area contributed by atoms with E-state index < -0.39 is 6.10 Å². The van der Waals surface area contributed by atoms with Gasteiger partial charge in [0.05, 0.1) is 0 Å². The SMILES string of the molecule is CCCCCCCC/C=C\CCCCCCCCCCCC(=O)OC[C@H](COC(=O)CCCCCCCCCCCCCCC)OC(=O)CCCCCCCCCCC/C=C\CCCCCCCC. The van der Waals surface area contributed by atoms with Crippen LogP contribution in [0.15, 0.2) is 24.3 Å². The quantitative estimate of drug-likeness (QED) is 0.0261. The lowest BCUT2D eigenvalue weighted by Gasteiger charge is -2.18. The summed E-state index contributed by atoms with van der Waals surface area (Å²) in [7, 11) is 0. The van der Waals surface area contributed by atoms with Crippen molar-refractivity contribution in [2.75, 3.05) is 13.2 Å². The van der Waals surface area contributed by atoms with Crippen LogP contribution in [0.5, 0.6) is 0 Å². The first-order chi connectivity index (χ1) is 34.0. The van der Waals surface area contributed by atoms with Gasteiger partial charge in [0, 0.05) is 19.3 Å². The molecule has 0 rings (SSSR count). The maximum absolute atomic E-state index is 12.9. The van der Waals surface area contributed by atoms with Crippen LogP contribution in [0.1, 0.15) is 342 Å². The number of allylic oxidation sites excluding steroid dienone is 4. The van der Waals surface area contributed by atoms with E-state index in [1.54, 1.807) is 0 Å². The molecule has 0 bridgehead atoms.